The smallest absolute Gasteiger partial charge is 0.162 e. The molecule has 0 aliphatic heterocycles. The molecule has 0 N–H and O–H groups in total. The molecule has 0 radical (unpaired) electrons. The molecule has 0 bridgehead atoms. The maximum atomic E-state index is 11.8. The summed E-state index contributed by atoms with van der Waals surface area (Å²) >= 11 is 0. The SMILES string of the molecule is CCCCc1ccc(-c2cccc(C(=O)CC)c2)cc1. The molecule has 1 nitrogen and oxygen atoms in total. The minimum atomic E-state index is 0.200. The first-order chi connectivity index (χ1) is 9.74. The molecule has 0 aromatic heterocycles. The van der Waals surface area contributed by atoms with Gasteiger partial charge in [0.1, 0.15) is 0 Å². The van der Waals surface area contributed by atoms with Crippen molar-refractivity contribution in [2.75, 3.05) is 0 Å². The summed E-state index contributed by atoms with van der Waals surface area (Å²) in [5.41, 5.74) is 4.48. The van der Waals surface area contributed by atoms with Gasteiger partial charge in [0.15, 0.2) is 5.78 Å². The van der Waals surface area contributed by atoms with Crippen LogP contribution in [-0.4, -0.2) is 5.78 Å². The zero-order valence-electron chi connectivity index (χ0n) is 12.4. The van der Waals surface area contributed by atoms with Crippen LogP contribution in [0.1, 0.15) is 49.0 Å². The van der Waals surface area contributed by atoms with Gasteiger partial charge in [-0.2, -0.15) is 0 Å². The number of rotatable bonds is 6. The van der Waals surface area contributed by atoms with Gasteiger partial charge in [0, 0.05) is 12.0 Å². The molecule has 20 heavy (non-hydrogen) atoms. The Kier molecular flexibility index (Phi) is 5.11. The van der Waals surface area contributed by atoms with Crippen molar-refractivity contribution < 1.29 is 4.79 Å². The minimum absolute atomic E-state index is 0.200. The molecular formula is C19H22O. The molecule has 2 aromatic carbocycles. The van der Waals surface area contributed by atoms with E-state index in [1.165, 1.54) is 24.0 Å². The van der Waals surface area contributed by atoms with Gasteiger partial charge in [0.25, 0.3) is 0 Å². The van der Waals surface area contributed by atoms with Crippen molar-refractivity contribution in [2.24, 2.45) is 0 Å². The summed E-state index contributed by atoms with van der Waals surface area (Å²) in [4.78, 5) is 11.8. The van der Waals surface area contributed by atoms with Gasteiger partial charge in [-0.25, -0.2) is 0 Å². The second-order valence-electron chi connectivity index (χ2n) is 5.16. The average Bonchev–Trinajstić information content (AvgIpc) is 2.52. The van der Waals surface area contributed by atoms with Crippen molar-refractivity contribution in [1.82, 2.24) is 0 Å². The van der Waals surface area contributed by atoms with Crippen molar-refractivity contribution >= 4 is 5.78 Å². The molecule has 104 valence electrons. The zero-order chi connectivity index (χ0) is 14.4. The summed E-state index contributed by atoms with van der Waals surface area (Å²) in [7, 11) is 0. The van der Waals surface area contributed by atoms with Crippen LogP contribution in [0, 0.1) is 0 Å². The summed E-state index contributed by atoms with van der Waals surface area (Å²) in [5.74, 6) is 0.200. The lowest BCUT2D eigenvalue weighted by Gasteiger charge is -2.06. The molecule has 1 heteroatoms. The second-order valence-corrected chi connectivity index (χ2v) is 5.16. The molecule has 0 atom stereocenters. The Balaban J connectivity index is 2.21. The van der Waals surface area contributed by atoms with E-state index in [9.17, 15) is 4.79 Å². The van der Waals surface area contributed by atoms with E-state index < -0.39 is 0 Å². The molecule has 0 aliphatic carbocycles. The third-order valence-corrected chi connectivity index (χ3v) is 3.61. The molecule has 0 saturated carbocycles. The van der Waals surface area contributed by atoms with Crippen molar-refractivity contribution in [3.05, 3.63) is 59.7 Å². The van der Waals surface area contributed by atoms with Gasteiger partial charge in [0.05, 0.1) is 0 Å². The van der Waals surface area contributed by atoms with E-state index in [4.69, 9.17) is 0 Å². The number of carbonyl (C=O) groups is 1. The Labute approximate surface area is 121 Å². The van der Waals surface area contributed by atoms with Crippen molar-refractivity contribution in [1.29, 1.82) is 0 Å². The molecule has 0 amide bonds. The predicted octanol–water partition coefficient (Wildman–Crippen LogP) is 5.29. The molecular weight excluding hydrogens is 244 g/mol. The van der Waals surface area contributed by atoms with Gasteiger partial charge in [-0.3, -0.25) is 4.79 Å². The largest absolute Gasteiger partial charge is 0.294 e. The Morgan fingerprint density at radius 3 is 2.35 bits per heavy atom. The van der Waals surface area contributed by atoms with E-state index >= 15 is 0 Å². The van der Waals surface area contributed by atoms with Crippen LogP contribution in [0.5, 0.6) is 0 Å². The number of aryl methyl sites for hydroxylation is 1. The predicted molar refractivity (Wildman–Crippen MR) is 85.1 cm³/mol. The first-order valence-electron chi connectivity index (χ1n) is 7.47. The fourth-order valence-electron chi connectivity index (χ4n) is 2.32. The van der Waals surface area contributed by atoms with Gasteiger partial charge >= 0.3 is 0 Å². The molecule has 0 heterocycles. The highest BCUT2D eigenvalue weighted by molar-refractivity contribution is 5.96. The van der Waals surface area contributed by atoms with E-state index in [1.807, 2.05) is 25.1 Å². The lowest BCUT2D eigenvalue weighted by atomic mass is 9.98. The maximum absolute atomic E-state index is 11.8. The van der Waals surface area contributed by atoms with E-state index in [-0.39, 0.29) is 5.78 Å². The van der Waals surface area contributed by atoms with E-state index in [2.05, 4.69) is 37.3 Å². The number of unbranched alkanes of at least 4 members (excludes halogenated alkanes) is 1. The Morgan fingerprint density at radius 2 is 1.70 bits per heavy atom. The fourth-order valence-corrected chi connectivity index (χ4v) is 2.32. The van der Waals surface area contributed by atoms with Crippen LogP contribution in [0.15, 0.2) is 48.5 Å². The number of benzene rings is 2. The normalized spacial score (nSPS) is 10.5. The van der Waals surface area contributed by atoms with Crippen LogP contribution in [0.4, 0.5) is 0 Å². The lowest BCUT2D eigenvalue weighted by molar-refractivity contribution is 0.0988. The molecule has 0 saturated heterocycles. The molecule has 0 spiro atoms. The first-order valence-corrected chi connectivity index (χ1v) is 7.47. The zero-order valence-corrected chi connectivity index (χ0v) is 12.4. The standard InChI is InChI=1S/C19H22O/c1-3-5-7-15-10-12-16(13-11-15)17-8-6-9-18(14-17)19(20)4-2/h6,8-14H,3-5,7H2,1-2H3. The molecule has 0 unspecified atom stereocenters. The van der Waals surface area contributed by atoms with Crippen LogP contribution in [0.2, 0.25) is 0 Å². The lowest BCUT2D eigenvalue weighted by Crippen LogP contribution is -1.96. The Morgan fingerprint density at radius 1 is 0.950 bits per heavy atom. The molecule has 2 rings (SSSR count). The minimum Gasteiger partial charge on any atom is -0.294 e. The summed E-state index contributed by atoms with van der Waals surface area (Å²) in [6.07, 6.45) is 4.16. The Hall–Kier alpha value is -1.89. The van der Waals surface area contributed by atoms with E-state index in [1.54, 1.807) is 0 Å². The summed E-state index contributed by atoms with van der Waals surface area (Å²) in [6.45, 7) is 4.11. The molecule has 0 fully saturated rings. The van der Waals surface area contributed by atoms with Crippen LogP contribution < -0.4 is 0 Å². The number of ketones is 1. The highest BCUT2D eigenvalue weighted by Crippen LogP contribution is 2.22. The molecule has 2 aromatic rings. The summed E-state index contributed by atoms with van der Waals surface area (Å²) < 4.78 is 0. The van der Waals surface area contributed by atoms with Crippen molar-refractivity contribution in [3.63, 3.8) is 0 Å². The van der Waals surface area contributed by atoms with Gasteiger partial charge in [0.2, 0.25) is 0 Å². The van der Waals surface area contributed by atoms with Crippen LogP contribution in [-0.2, 0) is 6.42 Å². The van der Waals surface area contributed by atoms with Gasteiger partial charge in [-0.1, -0.05) is 62.7 Å². The first kappa shape index (κ1) is 14.5. The van der Waals surface area contributed by atoms with Crippen LogP contribution >= 0.6 is 0 Å². The topological polar surface area (TPSA) is 17.1 Å². The summed E-state index contributed by atoms with van der Waals surface area (Å²) in [5, 5.41) is 0. The highest BCUT2D eigenvalue weighted by atomic mass is 16.1. The number of hydrogen-bond acceptors (Lipinski definition) is 1. The van der Waals surface area contributed by atoms with Crippen LogP contribution in [0.25, 0.3) is 11.1 Å². The number of hydrogen-bond donors (Lipinski definition) is 0. The monoisotopic (exact) mass is 266 g/mol. The van der Waals surface area contributed by atoms with Gasteiger partial charge in [-0.15, -0.1) is 0 Å². The van der Waals surface area contributed by atoms with Crippen molar-refractivity contribution in [2.45, 2.75) is 39.5 Å². The van der Waals surface area contributed by atoms with E-state index in [0.29, 0.717) is 6.42 Å². The van der Waals surface area contributed by atoms with Gasteiger partial charge < -0.3 is 0 Å². The van der Waals surface area contributed by atoms with Crippen molar-refractivity contribution in [3.8, 4) is 11.1 Å². The number of carbonyl (C=O) groups excluding carboxylic acids is 1. The second kappa shape index (κ2) is 7.04. The van der Waals surface area contributed by atoms with Gasteiger partial charge in [-0.05, 0) is 35.6 Å². The summed E-state index contributed by atoms with van der Waals surface area (Å²) in [6, 6.07) is 16.6. The fraction of sp³-hybridized carbons (Fsp3) is 0.316. The Bertz CT molecular complexity index is 567. The highest BCUT2D eigenvalue weighted by Gasteiger charge is 2.05. The third-order valence-electron chi connectivity index (χ3n) is 3.61. The quantitative estimate of drug-likeness (QED) is 0.649. The van der Waals surface area contributed by atoms with Crippen LogP contribution in [0.3, 0.4) is 0 Å². The maximum Gasteiger partial charge on any atom is 0.162 e. The van der Waals surface area contributed by atoms with E-state index in [0.717, 1.165) is 17.5 Å². The molecule has 0 aliphatic rings. The third kappa shape index (κ3) is 3.57. The average molecular weight is 266 g/mol. The number of Topliss-reactive ketones (excluding diaryl/α,β-unsaturated/α-hetero) is 1.